The Morgan fingerprint density at radius 2 is 1.36 bits per heavy atom. The Kier molecular flexibility index (Phi) is 13.8. The van der Waals surface area contributed by atoms with Crippen molar-refractivity contribution in [2.45, 2.75) is 37.0 Å². The van der Waals surface area contributed by atoms with Gasteiger partial charge in [-0.1, -0.05) is 54.6 Å². The fourth-order valence-electron chi connectivity index (χ4n) is 5.44. The monoisotopic (exact) mass is 743 g/mol. The summed E-state index contributed by atoms with van der Waals surface area (Å²) in [5.74, 6) is 0.793. The average Bonchev–Trinajstić information content (AvgIpc) is 3.02. The Labute approximate surface area is 286 Å². The smallest absolute Gasteiger partial charge is 0.241 e. The first-order chi connectivity index (χ1) is 21.1. The molecule has 0 aromatic heterocycles. The number of hydrogen-bond acceptors (Lipinski definition) is 5. The van der Waals surface area contributed by atoms with Crippen molar-refractivity contribution in [3.63, 3.8) is 0 Å². The second-order valence-corrected chi connectivity index (χ2v) is 13.9. The topological polar surface area (TPSA) is 75.7 Å². The van der Waals surface area contributed by atoms with Gasteiger partial charge in [-0.05, 0) is 62.1 Å². The van der Waals surface area contributed by atoms with E-state index in [0.717, 1.165) is 71.9 Å². The highest BCUT2D eigenvalue weighted by Gasteiger charge is 2.20. The number of carbonyl (C=O) groups is 1. The van der Waals surface area contributed by atoms with E-state index in [1.54, 1.807) is 6.07 Å². The standard InChI is InChI=1S/C36H46N3O4S.HI/c1-38(2)34-19-12-18-33-32(34)17-13-20-35(33)44(41,42)37-25-14-27-39(3,4)26-10-5-6-11-28-43-31-23-21-30(22-24-31)36(40)29-15-8-7-9-16-29;/h7-9,12-13,15-24,37H,5-6,10-11,14,25-28H2,1-4H3;1H/q+1;/p-1. The summed E-state index contributed by atoms with van der Waals surface area (Å²) in [6.45, 7) is 3.00. The third-order valence-electron chi connectivity index (χ3n) is 7.94. The van der Waals surface area contributed by atoms with Crippen molar-refractivity contribution in [1.82, 2.24) is 4.72 Å². The molecule has 45 heavy (non-hydrogen) atoms. The zero-order chi connectivity index (χ0) is 31.6. The molecule has 0 saturated carbocycles. The number of nitrogens with one attached hydrogen (secondary N) is 1. The van der Waals surface area contributed by atoms with E-state index in [0.29, 0.717) is 29.2 Å². The molecule has 7 nitrogen and oxygen atoms in total. The molecule has 0 spiro atoms. The predicted octanol–water partition coefficient (Wildman–Crippen LogP) is 3.53. The fourth-order valence-corrected chi connectivity index (χ4v) is 6.73. The number of nitrogens with zero attached hydrogens (tertiary/aromatic N) is 2. The van der Waals surface area contributed by atoms with Crippen LogP contribution in [0.3, 0.4) is 0 Å². The molecule has 4 aromatic carbocycles. The van der Waals surface area contributed by atoms with Gasteiger partial charge in [-0.3, -0.25) is 4.79 Å². The molecule has 0 aliphatic carbocycles. The number of anilines is 1. The number of ketones is 1. The number of fused-ring (bicyclic) bond motifs is 1. The Bertz CT molecular complexity index is 1630. The fraction of sp³-hybridized carbons (Fsp3) is 0.361. The molecule has 0 aliphatic heterocycles. The summed E-state index contributed by atoms with van der Waals surface area (Å²) in [5.41, 5.74) is 2.34. The summed E-state index contributed by atoms with van der Waals surface area (Å²) < 4.78 is 35.9. The van der Waals surface area contributed by atoms with E-state index in [2.05, 4.69) is 18.8 Å². The number of benzene rings is 4. The normalized spacial score (nSPS) is 11.6. The number of rotatable bonds is 17. The lowest BCUT2D eigenvalue weighted by Crippen LogP contribution is -3.00. The van der Waals surface area contributed by atoms with Crippen LogP contribution in [0, 0.1) is 0 Å². The summed E-state index contributed by atoms with van der Waals surface area (Å²) in [4.78, 5) is 14.9. The molecule has 1 N–H and O–H groups in total. The Hall–Kier alpha value is -2.99. The maximum Gasteiger partial charge on any atom is 0.241 e. The highest BCUT2D eigenvalue weighted by molar-refractivity contribution is 7.89. The van der Waals surface area contributed by atoms with E-state index >= 15 is 0 Å². The maximum absolute atomic E-state index is 13.2. The third-order valence-corrected chi connectivity index (χ3v) is 9.46. The molecule has 0 saturated heterocycles. The molecule has 0 aliphatic rings. The van der Waals surface area contributed by atoms with Crippen LogP contribution in [0.2, 0.25) is 0 Å². The predicted molar refractivity (Wildman–Crippen MR) is 180 cm³/mol. The van der Waals surface area contributed by atoms with Crippen LogP contribution >= 0.6 is 0 Å². The van der Waals surface area contributed by atoms with E-state index in [1.165, 1.54) is 0 Å². The van der Waals surface area contributed by atoms with Gasteiger partial charge in [0.1, 0.15) is 5.75 Å². The van der Waals surface area contributed by atoms with Crippen LogP contribution in [-0.4, -0.2) is 73.1 Å². The average molecular weight is 744 g/mol. The number of hydrogen-bond donors (Lipinski definition) is 1. The van der Waals surface area contributed by atoms with Crippen molar-refractivity contribution < 1.29 is 46.4 Å². The van der Waals surface area contributed by atoms with Crippen LogP contribution in [0.15, 0.2) is 95.9 Å². The molecule has 0 radical (unpaired) electrons. The van der Waals surface area contributed by atoms with Crippen molar-refractivity contribution in [2.75, 3.05) is 59.3 Å². The zero-order valence-electron chi connectivity index (χ0n) is 26.8. The summed E-state index contributed by atoms with van der Waals surface area (Å²) in [7, 11) is 4.72. The molecule has 0 atom stereocenters. The van der Waals surface area contributed by atoms with Gasteiger partial charge in [0.2, 0.25) is 10.0 Å². The lowest BCUT2D eigenvalue weighted by atomic mass is 10.0. The van der Waals surface area contributed by atoms with Crippen LogP contribution in [0.1, 0.15) is 48.0 Å². The Morgan fingerprint density at radius 3 is 2.07 bits per heavy atom. The number of sulfonamides is 1. The third kappa shape index (κ3) is 10.5. The molecule has 4 aromatic rings. The minimum absolute atomic E-state index is 0. The first-order valence-corrected chi connectivity index (χ1v) is 16.9. The van der Waals surface area contributed by atoms with Crippen LogP contribution in [0.25, 0.3) is 10.8 Å². The minimum atomic E-state index is -3.62. The van der Waals surface area contributed by atoms with Crippen molar-refractivity contribution in [2.24, 2.45) is 0 Å². The van der Waals surface area contributed by atoms with Crippen LogP contribution in [-0.2, 0) is 10.0 Å². The highest BCUT2D eigenvalue weighted by Crippen LogP contribution is 2.30. The van der Waals surface area contributed by atoms with Gasteiger partial charge in [0.15, 0.2) is 5.78 Å². The van der Waals surface area contributed by atoms with E-state index in [1.807, 2.05) is 104 Å². The van der Waals surface area contributed by atoms with Crippen LogP contribution < -0.4 is 38.3 Å². The molecule has 242 valence electrons. The van der Waals surface area contributed by atoms with Gasteiger partial charge in [-0.15, -0.1) is 0 Å². The lowest BCUT2D eigenvalue weighted by molar-refractivity contribution is -0.890. The van der Waals surface area contributed by atoms with Gasteiger partial charge in [0.25, 0.3) is 0 Å². The highest BCUT2D eigenvalue weighted by atomic mass is 127. The summed E-state index contributed by atoms with van der Waals surface area (Å²) in [6.07, 6.45) is 5.07. The molecular formula is C36H46IN3O4S. The number of unbranched alkanes of at least 4 members (excludes halogenated alkanes) is 3. The van der Waals surface area contributed by atoms with Gasteiger partial charge in [0, 0.05) is 54.6 Å². The van der Waals surface area contributed by atoms with Crippen molar-refractivity contribution in [3.05, 3.63) is 102 Å². The van der Waals surface area contributed by atoms with Gasteiger partial charge in [-0.2, -0.15) is 0 Å². The molecule has 0 unspecified atom stereocenters. The van der Waals surface area contributed by atoms with Crippen LogP contribution in [0.5, 0.6) is 5.75 Å². The summed E-state index contributed by atoms with van der Waals surface area (Å²) >= 11 is 0. The van der Waals surface area contributed by atoms with Gasteiger partial charge in [-0.25, -0.2) is 13.1 Å². The molecular weight excluding hydrogens is 697 g/mol. The Balaban J connectivity index is 0.00000552. The Morgan fingerprint density at radius 1 is 0.733 bits per heavy atom. The van der Waals surface area contributed by atoms with Crippen molar-refractivity contribution in [1.29, 1.82) is 0 Å². The van der Waals surface area contributed by atoms with Crippen molar-refractivity contribution >= 4 is 32.3 Å². The zero-order valence-corrected chi connectivity index (χ0v) is 29.8. The van der Waals surface area contributed by atoms with Gasteiger partial charge < -0.3 is 38.1 Å². The summed E-state index contributed by atoms with van der Waals surface area (Å²) in [5, 5.41) is 1.66. The SMILES string of the molecule is CN(C)c1cccc2c(S(=O)(=O)NCCC[N+](C)(C)CCCCCCOc3ccc(C(=O)c4ccccc4)cc3)cccc12.[I-]. The molecule has 4 rings (SSSR count). The van der Waals surface area contributed by atoms with Crippen LogP contribution in [0.4, 0.5) is 5.69 Å². The molecule has 0 bridgehead atoms. The summed E-state index contributed by atoms with van der Waals surface area (Å²) in [6, 6.07) is 27.9. The van der Waals surface area contributed by atoms with Crippen molar-refractivity contribution in [3.8, 4) is 5.75 Å². The second kappa shape index (κ2) is 17.1. The minimum Gasteiger partial charge on any atom is -1.00 e. The molecule has 0 fully saturated rings. The first-order valence-electron chi connectivity index (χ1n) is 15.4. The van der Waals surface area contributed by atoms with E-state index in [9.17, 15) is 13.2 Å². The maximum atomic E-state index is 13.2. The van der Waals surface area contributed by atoms with E-state index in [-0.39, 0.29) is 29.8 Å². The number of quaternary nitrogens is 1. The number of carbonyl (C=O) groups excluding carboxylic acids is 1. The quantitative estimate of drug-likeness (QED) is 0.0777. The number of ether oxygens (including phenoxy) is 1. The second-order valence-electron chi connectivity index (χ2n) is 12.1. The van der Waals surface area contributed by atoms with Gasteiger partial charge >= 0.3 is 0 Å². The van der Waals surface area contributed by atoms with E-state index < -0.39 is 10.0 Å². The van der Waals surface area contributed by atoms with E-state index in [4.69, 9.17) is 4.74 Å². The van der Waals surface area contributed by atoms with Gasteiger partial charge in [0.05, 0.1) is 38.7 Å². The largest absolute Gasteiger partial charge is 1.00 e. The number of halogens is 1. The molecule has 0 heterocycles. The molecule has 0 amide bonds. The lowest BCUT2D eigenvalue weighted by Gasteiger charge is -2.30. The first kappa shape index (κ1) is 36.5. The molecule has 9 heteroatoms.